The zero-order valence-electron chi connectivity index (χ0n) is 18.6. The second-order valence-electron chi connectivity index (χ2n) is 8.94. The van der Waals surface area contributed by atoms with Crippen molar-refractivity contribution in [2.75, 3.05) is 31.5 Å². The Morgan fingerprint density at radius 1 is 1.06 bits per heavy atom. The number of pyridine rings is 1. The number of ether oxygens (including phenoxy) is 1. The van der Waals surface area contributed by atoms with E-state index in [1.54, 1.807) is 12.4 Å². The standard InChI is InChI=1S/C26H27ClN4O2/c1-18-9-10-28-12-25(18)29-26(32)31-16-20-14-30(15-21(20)17-31)13-19-3-2-4-24(11-19)33-23-7-5-22(27)6-8-23/h2-12,20-21H,13-17H2,1H3,(H,29,32)/t20-,21+. The average molecular weight is 463 g/mol. The Kier molecular flexibility index (Phi) is 6.20. The number of likely N-dealkylation sites (tertiary alicyclic amines) is 2. The van der Waals surface area contributed by atoms with Crippen LogP contribution in [0, 0.1) is 18.8 Å². The van der Waals surface area contributed by atoms with Crippen molar-refractivity contribution in [2.45, 2.75) is 13.5 Å². The fraction of sp³-hybridized carbons (Fsp3) is 0.308. The molecule has 0 saturated carbocycles. The topological polar surface area (TPSA) is 57.7 Å². The number of urea groups is 1. The van der Waals surface area contributed by atoms with Gasteiger partial charge in [-0.1, -0.05) is 23.7 Å². The van der Waals surface area contributed by atoms with Crippen LogP contribution in [0.15, 0.2) is 67.0 Å². The number of benzene rings is 2. The van der Waals surface area contributed by atoms with Crippen molar-refractivity contribution in [1.29, 1.82) is 0 Å². The van der Waals surface area contributed by atoms with Gasteiger partial charge in [-0.05, 0) is 72.4 Å². The van der Waals surface area contributed by atoms with Crippen molar-refractivity contribution >= 4 is 23.3 Å². The van der Waals surface area contributed by atoms with Gasteiger partial charge in [-0.3, -0.25) is 9.88 Å². The predicted molar refractivity (Wildman–Crippen MR) is 130 cm³/mol. The number of aryl methyl sites for hydroxylation is 1. The number of halogens is 1. The van der Waals surface area contributed by atoms with Gasteiger partial charge in [0, 0.05) is 43.9 Å². The summed E-state index contributed by atoms with van der Waals surface area (Å²) in [6, 6.07) is 17.5. The molecule has 6 nitrogen and oxygen atoms in total. The second-order valence-corrected chi connectivity index (χ2v) is 9.38. The first-order valence-electron chi connectivity index (χ1n) is 11.2. The molecule has 2 atom stereocenters. The summed E-state index contributed by atoms with van der Waals surface area (Å²) in [5, 5.41) is 3.70. The minimum absolute atomic E-state index is 0.0286. The van der Waals surface area contributed by atoms with E-state index in [0.29, 0.717) is 16.9 Å². The van der Waals surface area contributed by atoms with Gasteiger partial charge in [-0.25, -0.2) is 4.79 Å². The lowest BCUT2D eigenvalue weighted by atomic mass is 10.0. The molecule has 170 valence electrons. The summed E-state index contributed by atoms with van der Waals surface area (Å²) in [5.41, 5.74) is 3.02. The maximum Gasteiger partial charge on any atom is 0.321 e. The van der Waals surface area contributed by atoms with Crippen LogP contribution in [0.4, 0.5) is 10.5 Å². The highest BCUT2D eigenvalue weighted by atomic mass is 35.5. The molecule has 0 unspecified atom stereocenters. The molecule has 0 radical (unpaired) electrons. The van der Waals surface area contributed by atoms with Crippen molar-refractivity contribution in [3.05, 3.63) is 83.1 Å². The van der Waals surface area contributed by atoms with Crippen LogP contribution < -0.4 is 10.1 Å². The Bertz CT molecular complexity index is 1120. The third-order valence-electron chi connectivity index (χ3n) is 6.48. The van der Waals surface area contributed by atoms with Crippen molar-refractivity contribution in [3.63, 3.8) is 0 Å². The summed E-state index contributed by atoms with van der Waals surface area (Å²) in [4.78, 5) is 21.3. The Labute approximate surface area is 199 Å². The number of fused-ring (bicyclic) bond motifs is 1. The molecule has 2 aromatic carbocycles. The largest absolute Gasteiger partial charge is 0.457 e. The minimum atomic E-state index is -0.0286. The smallest absolute Gasteiger partial charge is 0.321 e. The number of hydrogen-bond acceptors (Lipinski definition) is 4. The lowest BCUT2D eigenvalue weighted by Crippen LogP contribution is -2.36. The van der Waals surface area contributed by atoms with Gasteiger partial charge < -0.3 is 15.0 Å². The van der Waals surface area contributed by atoms with Crippen molar-refractivity contribution in [3.8, 4) is 11.5 Å². The molecule has 2 saturated heterocycles. The first-order chi connectivity index (χ1) is 16.0. The van der Waals surface area contributed by atoms with Crippen LogP contribution in [0.25, 0.3) is 0 Å². The lowest BCUT2D eigenvalue weighted by molar-refractivity contribution is 0.212. The number of nitrogens with zero attached hydrogens (tertiary/aromatic N) is 3. The highest BCUT2D eigenvalue weighted by Gasteiger charge is 2.41. The first-order valence-corrected chi connectivity index (χ1v) is 11.6. The number of rotatable bonds is 5. The summed E-state index contributed by atoms with van der Waals surface area (Å²) in [6.45, 7) is 6.46. The highest BCUT2D eigenvalue weighted by Crippen LogP contribution is 2.33. The van der Waals surface area contributed by atoms with E-state index in [4.69, 9.17) is 16.3 Å². The van der Waals surface area contributed by atoms with Gasteiger partial charge in [-0.15, -0.1) is 0 Å². The van der Waals surface area contributed by atoms with E-state index in [1.165, 1.54) is 5.56 Å². The van der Waals surface area contributed by atoms with Crippen LogP contribution in [-0.2, 0) is 6.54 Å². The molecule has 2 fully saturated rings. The molecule has 7 heteroatoms. The molecule has 0 bridgehead atoms. The zero-order chi connectivity index (χ0) is 22.8. The average Bonchev–Trinajstić information content (AvgIpc) is 3.36. The number of hydrogen-bond donors (Lipinski definition) is 1. The van der Waals surface area contributed by atoms with Crippen LogP contribution >= 0.6 is 11.6 Å². The zero-order valence-corrected chi connectivity index (χ0v) is 19.3. The molecule has 0 spiro atoms. The lowest BCUT2D eigenvalue weighted by Gasteiger charge is -2.22. The summed E-state index contributed by atoms with van der Waals surface area (Å²) in [5.74, 6) is 2.62. The fourth-order valence-electron chi connectivity index (χ4n) is 4.78. The molecule has 3 aromatic rings. The quantitative estimate of drug-likeness (QED) is 0.549. The van der Waals surface area contributed by atoms with Crippen molar-refractivity contribution < 1.29 is 9.53 Å². The summed E-state index contributed by atoms with van der Waals surface area (Å²) < 4.78 is 5.98. The van der Waals surface area contributed by atoms with Crippen LogP contribution in [0.2, 0.25) is 5.02 Å². The van der Waals surface area contributed by atoms with Crippen LogP contribution in [0.3, 0.4) is 0 Å². The highest BCUT2D eigenvalue weighted by molar-refractivity contribution is 6.30. The van der Waals surface area contributed by atoms with E-state index in [2.05, 4.69) is 27.3 Å². The predicted octanol–water partition coefficient (Wildman–Crippen LogP) is 5.43. The first kappa shape index (κ1) is 21.7. The Balaban J connectivity index is 1.14. The SMILES string of the molecule is Cc1ccncc1NC(=O)N1C[C@H]2CN(Cc3cccc(Oc4ccc(Cl)cc4)c3)C[C@H]2C1. The van der Waals surface area contributed by atoms with Crippen LogP contribution in [0.1, 0.15) is 11.1 Å². The number of carbonyl (C=O) groups excluding carboxylic acids is 1. The van der Waals surface area contributed by atoms with E-state index in [9.17, 15) is 4.79 Å². The van der Waals surface area contributed by atoms with Gasteiger partial charge >= 0.3 is 6.03 Å². The molecular weight excluding hydrogens is 436 g/mol. The molecule has 1 N–H and O–H groups in total. The summed E-state index contributed by atoms with van der Waals surface area (Å²) in [7, 11) is 0. The Morgan fingerprint density at radius 2 is 1.82 bits per heavy atom. The maximum absolute atomic E-state index is 12.7. The summed E-state index contributed by atoms with van der Waals surface area (Å²) in [6.07, 6.45) is 3.44. The molecule has 5 rings (SSSR count). The Morgan fingerprint density at radius 3 is 2.55 bits per heavy atom. The van der Waals surface area contributed by atoms with E-state index in [1.807, 2.05) is 54.3 Å². The molecule has 2 aliphatic heterocycles. The molecule has 1 aromatic heterocycles. The number of nitrogens with one attached hydrogen (secondary N) is 1. The molecule has 3 heterocycles. The Hall–Kier alpha value is -3.09. The van der Waals surface area contributed by atoms with Crippen LogP contribution in [-0.4, -0.2) is 47.0 Å². The molecule has 2 amide bonds. The van der Waals surface area contributed by atoms with Gasteiger partial charge in [0.05, 0.1) is 11.9 Å². The molecular formula is C26H27ClN4O2. The molecule has 33 heavy (non-hydrogen) atoms. The number of anilines is 1. The van der Waals surface area contributed by atoms with E-state index < -0.39 is 0 Å². The minimum Gasteiger partial charge on any atom is -0.457 e. The normalized spacial score (nSPS) is 20.0. The van der Waals surface area contributed by atoms with E-state index in [0.717, 1.165) is 55.5 Å². The van der Waals surface area contributed by atoms with Crippen molar-refractivity contribution in [2.24, 2.45) is 11.8 Å². The third-order valence-corrected chi connectivity index (χ3v) is 6.74. The fourth-order valence-corrected chi connectivity index (χ4v) is 4.90. The number of amides is 2. The maximum atomic E-state index is 12.7. The summed E-state index contributed by atoms with van der Waals surface area (Å²) >= 11 is 5.96. The molecule has 2 aliphatic rings. The van der Waals surface area contributed by atoms with Gasteiger partial charge in [0.1, 0.15) is 11.5 Å². The van der Waals surface area contributed by atoms with Gasteiger partial charge in [-0.2, -0.15) is 0 Å². The number of aromatic nitrogens is 1. The molecule has 0 aliphatic carbocycles. The number of carbonyl (C=O) groups is 1. The van der Waals surface area contributed by atoms with Crippen LogP contribution in [0.5, 0.6) is 11.5 Å². The van der Waals surface area contributed by atoms with Crippen molar-refractivity contribution in [1.82, 2.24) is 14.8 Å². The monoisotopic (exact) mass is 462 g/mol. The van der Waals surface area contributed by atoms with E-state index >= 15 is 0 Å². The van der Waals surface area contributed by atoms with Gasteiger partial charge in [0.25, 0.3) is 0 Å². The second kappa shape index (κ2) is 9.41. The van der Waals surface area contributed by atoms with Gasteiger partial charge in [0.2, 0.25) is 0 Å². The third kappa shape index (κ3) is 5.13. The van der Waals surface area contributed by atoms with Gasteiger partial charge in [0.15, 0.2) is 0 Å². The van der Waals surface area contributed by atoms with E-state index in [-0.39, 0.29) is 6.03 Å².